The van der Waals surface area contributed by atoms with E-state index in [0.29, 0.717) is 0 Å². The lowest BCUT2D eigenvalue weighted by Gasteiger charge is -2.14. The molecule has 2 aromatic rings. The summed E-state index contributed by atoms with van der Waals surface area (Å²) in [5, 5.41) is 6.75. The van der Waals surface area contributed by atoms with Crippen molar-refractivity contribution in [2.75, 3.05) is 13.6 Å². The van der Waals surface area contributed by atoms with Crippen LogP contribution < -0.4 is 10.6 Å². The number of nitrogens with one attached hydrogen (secondary N) is 2. The van der Waals surface area contributed by atoms with Crippen molar-refractivity contribution < 1.29 is 0 Å². The average molecular weight is 283 g/mol. The van der Waals surface area contributed by atoms with E-state index >= 15 is 0 Å². The third-order valence-corrected chi connectivity index (χ3v) is 3.70. The second kappa shape index (κ2) is 6.43. The van der Waals surface area contributed by atoms with Gasteiger partial charge in [-0.2, -0.15) is 0 Å². The zero-order valence-corrected chi connectivity index (χ0v) is 12.3. The van der Waals surface area contributed by atoms with Crippen LogP contribution in [0.25, 0.3) is 5.69 Å². The van der Waals surface area contributed by atoms with Crippen LogP contribution in [0.1, 0.15) is 18.4 Å². The molecule has 5 nitrogen and oxygen atoms in total. The number of aromatic nitrogens is 2. The van der Waals surface area contributed by atoms with Gasteiger partial charge in [0.25, 0.3) is 0 Å². The fourth-order valence-electron chi connectivity index (χ4n) is 2.28. The van der Waals surface area contributed by atoms with Crippen LogP contribution in [-0.2, 0) is 6.54 Å². The Morgan fingerprint density at radius 2 is 2.19 bits per heavy atom. The molecular formula is C16H21N5. The molecule has 5 heteroatoms. The highest BCUT2D eigenvalue weighted by molar-refractivity contribution is 5.79. The van der Waals surface area contributed by atoms with Crippen molar-refractivity contribution in [2.24, 2.45) is 10.9 Å². The van der Waals surface area contributed by atoms with Gasteiger partial charge in [0.05, 0.1) is 12.0 Å². The maximum absolute atomic E-state index is 4.27. The van der Waals surface area contributed by atoms with E-state index in [0.717, 1.165) is 30.7 Å². The molecule has 1 fully saturated rings. The van der Waals surface area contributed by atoms with E-state index in [9.17, 15) is 0 Å². The van der Waals surface area contributed by atoms with Gasteiger partial charge in [-0.05, 0) is 30.4 Å². The number of aliphatic imine (C=N–C) groups is 1. The standard InChI is InChI=1S/C16H21N5/c1-17-16(19-10-13-6-7-13)20-11-14-4-2-3-5-15(14)21-9-8-18-12-21/h2-5,8-9,12-13H,6-7,10-11H2,1H3,(H2,17,19,20). The van der Waals surface area contributed by atoms with Crippen LogP contribution in [0.4, 0.5) is 0 Å². The molecule has 1 saturated carbocycles. The van der Waals surface area contributed by atoms with Gasteiger partial charge in [0, 0.05) is 32.5 Å². The third-order valence-electron chi connectivity index (χ3n) is 3.70. The normalized spacial score (nSPS) is 15.0. The molecule has 0 bridgehead atoms. The first-order valence-electron chi connectivity index (χ1n) is 7.37. The Labute approximate surface area is 125 Å². The van der Waals surface area contributed by atoms with Gasteiger partial charge < -0.3 is 15.2 Å². The fraction of sp³-hybridized carbons (Fsp3) is 0.375. The van der Waals surface area contributed by atoms with E-state index in [1.165, 1.54) is 18.4 Å². The summed E-state index contributed by atoms with van der Waals surface area (Å²) in [5.74, 6) is 1.70. The first-order valence-corrected chi connectivity index (χ1v) is 7.37. The lowest BCUT2D eigenvalue weighted by Crippen LogP contribution is -2.38. The van der Waals surface area contributed by atoms with Crippen molar-refractivity contribution in [1.82, 2.24) is 20.2 Å². The topological polar surface area (TPSA) is 54.2 Å². The van der Waals surface area contributed by atoms with Gasteiger partial charge in [-0.3, -0.25) is 4.99 Å². The van der Waals surface area contributed by atoms with Crippen LogP contribution in [0, 0.1) is 5.92 Å². The largest absolute Gasteiger partial charge is 0.356 e. The molecule has 2 N–H and O–H groups in total. The fourth-order valence-corrected chi connectivity index (χ4v) is 2.28. The van der Waals surface area contributed by atoms with Gasteiger partial charge in [0.15, 0.2) is 5.96 Å². The summed E-state index contributed by atoms with van der Waals surface area (Å²) in [6.07, 6.45) is 8.25. The summed E-state index contributed by atoms with van der Waals surface area (Å²) in [5.41, 5.74) is 2.35. The first kappa shape index (κ1) is 13.7. The molecule has 0 atom stereocenters. The van der Waals surface area contributed by atoms with Gasteiger partial charge in [-0.25, -0.2) is 4.98 Å². The molecule has 1 aromatic heterocycles. The lowest BCUT2D eigenvalue weighted by atomic mass is 10.1. The molecule has 1 aliphatic carbocycles. The molecule has 21 heavy (non-hydrogen) atoms. The van der Waals surface area contributed by atoms with Crippen molar-refractivity contribution in [1.29, 1.82) is 0 Å². The summed E-state index contributed by atoms with van der Waals surface area (Å²) in [7, 11) is 1.81. The molecular weight excluding hydrogens is 262 g/mol. The van der Waals surface area contributed by atoms with Crippen LogP contribution >= 0.6 is 0 Å². The van der Waals surface area contributed by atoms with Crippen molar-refractivity contribution in [3.8, 4) is 5.69 Å². The van der Waals surface area contributed by atoms with E-state index in [1.807, 2.05) is 30.2 Å². The molecule has 1 aliphatic rings. The summed E-state index contributed by atoms with van der Waals surface area (Å²) < 4.78 is 2.03. The highest BCUT2D eigenvalue weighted by Crippen LogP contribution is 2.27. The zero-order chi connectivity index (χ0) is 14.5. The van der Waals surface area contributed by atoms with Gasteiger partial charge in [0.2, 0.25) is 0 Å². The Bertz CT molecular complexity index is 599. The van der Waals surface area contributed by atoms with Crippen LogP contribution in [0.2, 0.25) is 0 Å². The molecule has 0 aliphatic heterocycles. The highest BCUT2D eigenvalue weighted by atomic mass is 15.2. The van der Waals surface area contributed by atoms with Crippen molar-refractivity contribution in [2.45, 2.75) is 19.4 Å². The Morgan fingerprint density at radius 3 is 2.90 bits per heavy atom. The maximum atomic E-state index is 4.27. The first-order chi connectivity index (χ1) is 10.4. The zero-order valence-electron chi connectivity index (χ0n) is 12.3. The number of guanidine groups is 1. The molecule has 110 valence electrons. The summed E-state index contributed by atoms with van der Waals surface area (Å²) in [6.45, 7) is 1.75. The number of rotatable bonds is 5. The minimum absolute atomic E-state index is 0.735. The van der Waals surface area contributed by atoms with E-state index in [2.05, 4.69) is 38.8 Å². The molecule has 0 amide bonds. The van der Waals surface area contributed by atoms with E-state index in [1.54, 1.807) is 6.20 Å². The average Bonchev–Trinajstić information content (AvgIpc) is 3.19. The Hall–Kier alpha value is -2.30. The van der Waals surface area contributed by atoms with E-state index in [4.69, 9.17) is 0 Å². The predicted molar refractivity (Wildman–Crippen MR) is 84.5 cm³/mol. The third kappa shape index (κ3) is 3.62. The molecule has 0 radical (unpaired) electrons. The Morgan fingerprint density at radius 1 is 1.33 bits per heavy atom. The SMILES string of the molecule is CN=C(NCc1ccccc1-n1ccnc1)NCC1CC1. The van der Waals surface area contributed by atoms with Gasteiger partial charge in [0.1, 0.15) is 0 Å². The van der Waals surface area contributed by atoms with Crippen LogP contribution in [0.15, 0.2) is 48.0 Å². The predicted octanol–water partition coefficient (Wildman–Crippen LogP) is 1.95. The van der Waals surface area contributed by atoms with Crippen LogP contribution in [0.5, 0.6) is 0 Å². The highest BCUT2D eigenvalue weighted by Gasteiger charge is 2.21. The number of imidazole rings is 1. The van der Waals surface area contributed by atoms with Gasteiger partial charge in [-0.1, -0.05) is 18.2 Å². The van der Waals surface area contributed by atoms with Crippen LogP contribution in [-0.4, -0.2) is 29.1 Å². The lowest BCUT2D eigenvalue weighted by molar-refractivity contribution is 0.736. The number of para-hydroxylation sites is 1. The molecule has 1 heterocycles. The quantitative estimate of drug-likeness (QED) is 0.651. The monoisotopic (exact) mass is 283 g/mol. The second-order valence-corrected chi connectivity index (χ2v) is 5.35. The Balaban J connectivity index is 1.64. The Kier molecular flexibility index (Phi) is 4.19. The second-order valence-electron chi connectivity index (χ2n) is 5.35. The van der Waals surface area contributed by atoms with Crippen molar-refractivity contribution in [3.63, 3.8) is 0 Å². The van der Waals surface area contributed by atoms with Crippen molar-refractivity contribution >= 4 is 5.96 Å². The van der Waals surface area contributed by atoms with E-state index < -0.39 is 0 Å². The molecule has 0 spiro atoms. The number of hydrogen-bond acceptors (Lipinski definition) is 2. The van der Waals surface area contributed by atoms with Gasteiger partial charge in [-0.15, -0.1) is 0 Å². The molecule has 0 unspecified atom stereocenters. The summed E-state index contributed by atoms with van der Waals surface area (Å²) in [4.78, 5) is 8.38. The smallest absolute Gasteiger partial charge is 0.191 e. The molecule has 0 saturated heterocycles. The van der Waals surface area contributed by atoms with Gasteiger partial charge >= 0.3 is 0 Å². The summed E-state index contributed by atoms with van der Waals surface area (Å²) in [6, 6.07) is 8.31. The summed E-state index contributed by atoms with van der Waals surface area (Å²) >= 11 is 0. The number of hydrogen-bond donors (Lipinski definition) is 2. The molecule has 1 aromatic carbocycles. The van der Waals surface area contributed by atoms with E-state index in [-0.39, 0.29) is 0 Å². The minimum atomic E-state index is 0.735. The van der Waals surface area contributed by atoms with Crippen LogP contribution in [0.3, 0.4) is 0 Å². The van der Waals surface area contributed by atoms with Crippen molar-refractivity contribution in [3.05, 3.63) is 48.5 Å². The maximum Gasteiger partial charge on any atom is 0.191 e. The molecule has 3 rings (SSSR count). The minimum Gasteiger partial charge on any atom is -0.356 e. The number of benzene rings is 1. The number of nitrogens with zero attached hydrogens (tertiary/aromatic N) is 3.